The minimum absolute atomic E-state index is 0.0794. The molecule has 0 aliphatic heterocycles. The molecule has 1 heteroatoms. The normalized spacial score (nSPS) is 45.3. The number of hydrogen-bond donors (Lipinski definition) is 1. The van der Waals surface area contributed by atoms with Crippen LogP contribution in [0.3, 0.4) is 0 Å². The van der Waals surface area contributed by atoms with E-state index in [9.17, 15) is 5.11 Å². The van der Waals surface area contributed by atoms with Crippen LogP contribution in [-0.4, -0.2) is 11.2 Å². The fraction of sp³-hybridized carbons (Fsp3) is 0.931. The lowest BCUT2D eigenvalue weighted by Gasteiger charge is -2.58. The zero-order chi connectivity index (χ0) is 21.7. The Balaban J connectivity index is 1.47. The monoisotopic (exact) mass is 414 g/mol. The highest BCUT2D eigenvalue weighted by Gasteiger charge is 2.59. The molecular formula is C29H50O. The molecule has 1 nitrogen and oxygen atoms in total. The molecule has 0 amide bonds. The predicted octanol–water partition coefficient (Wildman–Crippen LogP) is 8.02. The van der Waals surface area contributed by atoms with Crippen LogP contribution in [0.1, 0.15) is 112 Å². The molecule has 0 aromatic heterocycles. The summed E-state index contributed by atoms with van der Waals surface area (Å²) in [5.74, 6) is 6.31. The first kappa shape index (κ1) is 22.9. The molecule has 3 saturated carbocycles. The Hall–Kier alpha value is -0.300. The lowest BCUT2D eigenvalue weighted by atomic mass is 9.47. The molecule has 30 heavy (non-hydrogen) atoms. The van der Waals surface area contributed by atoms with Gasteiger partial charge in [-0.1, -0.05) is 66.0 Å². The molecule has 0 bridgehead atoms. The van der Waals surface area contributed by atoms with Crippen LogP contribution in [0.15, 0.2) is 11.6 Å². The van der Waals surface area contributed by atoms with Crippen LogP contribution >= 0.6 is 0 Å². The standard InChI is InChI=1S/C29H50O/c1-7-21(19(2)3)9-8-20(4)25-12-13-26-24-11-10-22-18-23(30)14-16-28(22,5)27(24)15-17-29(25,26)6/h10,19-21,23-27,30H,7-9,11-18H2,1-6H3/t20-,21?,23?,24+,25-,26+,27+,28+,29-/m1/s1. The molecule has 4 aliphatic carbocycles. The molecule has 9 atom stereocenters. The van der Waals surface area contributed by atoms with Crippen molar-refractivity contribution in [2.75, 3.05) is 0 Å². The highest BCUT2D eigenvalue weighted by Crippen LogP contribution is 2.67. The van der Waals surface area contributed by atoms with Crippen molar-refractivity contribution in [3.05, 3.63) is 11.6 Å². The Morgan fingerprint density at radius 1 is 1.00 bits per heavy atom. The maximum Gasteiger partial charge on any atom is 0.0577 e. The Morgan fingerprint density at radius 3 is 2.47 bits per heavy atom. The molecule has 0 aromatic carbocycles. The number of hydrogen-bond acceptors (Lipinski definition) is 1. The summed E-state index contributed by atoms with van der Waals surface area (Å²) in [4.78, 5) is 0. The summed E-state index contributed by atoms with van der Waals surface area (Å²) in [7, 11) is 0. The molecular weight excluding hydrogens is 364 g/mol. The molecule has 0 radical (unpaired) electrons. The van der Waals surface area contributed by atoms with Crippen molar-refractivity contribution < 1.29 is 5.11 Å². The fourth-order valence-electron chi connectivity index (χ4n) is 9.30. The predicted molar refractivity (Wildman–Crippen MR) is 128 cm³/mol. The van der Waals surface area contributed by atoms with Gasteiger partial charge in [0.05, 0.1) is 6.10 Å². The van der Waals surface area contributed by atoms with Crippen molar-refractivity contribution in [1.29, 1.82) is 0 Å². The van der Waals surface area contributed by atoms with Gasteiger partial charge in [-0.05, 0) is 110 Å². The van der Waals surface area contributed by atoms with Crippen LogP contribution in [0, 0.1) is 52.3 Å². The molecule has 0 aromatic rings. The van der Waals surface area contributed by atoms with E-state index in [2.05, 4.69) is 47.6 Å². The van der Waals surface area contributed by atoms with Gasteiger partial charge in [-0.2, -0.15) is 0 Å². The van der Waals surface area contributed by atoms with E-state index in [-0.39, 0.29) is 6.10 Å². The Morgan fingerprint density at radius 2 is 1.77 bits per heavy atom. The van der Waals surface area contributed by atoms with Gasteiger partial charge in [0.15, 0.2) is 0 Å². The van der Waals surface area contributed by atoms with Gasteiger partial charge < -0.3 is 5.11 Å². The van der Waals surface area contributed by atoms with Crippen LogP contribution in [0.5, 0.6) is 0 Å². The van der Waals surface area contributed by atoms with E-state index in [4.69, 9.17) is 0 Å². The maximum atomic E-state index is 10.2. The third-order valence-electron chi connectivity index (χ3n) is 11.3. The number of rotatable bonds is 6. The molecule has 0 spiro atoms. The molecule has 4 aliphatic rings. The maximum absolute atomic E-state index is 10.2. The molecule has 172 valence electrons. The number of aliphatic hydroxyl groups is 1. The second-order valence-electron chi connectivity index (χ2n) is 12.9. The van der Waals surface area contributed by atoms with Gasteiger partial charge in [-0.25, -0.2) is 0 Å². The quantitative estimate of drug-likeness (QED) is 0.436. The third-order valence-corrected chi connectivity index (χ3v) is 11.3. The van der Waals surface area contributed by atoms with Gasteiger partial charge in [0.2, 0.25) is 0 Å². The number of allylic oxidation sites excluding steroid dienone is 1. The Labute approximate surface area is 187 Å². The largest absolute Gasteiger partial charge is 0.393 e. The molecule has 0 saturated heterocycles. The third kappa shape index (κ3) is 3.74. The molecule has 0 heterocycles. The molecule has 2 unspecified atom stereocenters. The van der Waals surface area contributed by atoms with E-state index < -0.39 is 0 Å². The first-order chi connectivity index (χ1) is 14.2. The van der Waals surface area contributed by atoms with Gasteiger partial charge in [0, 0.05) is 0 Å². The highest BCUT2D eigenvalue weighted by atomic mass is 16.3. The second-order valence-corrected chi connectivity index (χ2v) is 12.9. The van der Waals surface area contributed by atoms with Gasteiger partial charge in [0.25, 0.3) is 0 Å². The van der Waals surface area contributed by atoms with E-state index in [1.807, 2.05) is 0 Å². The first-order valence-electron chi connectivity index (χ1n) is 13.6. The van der Waals surface area contributed by atoms with Gasteiger partial charge in [0.1, 0.15) is 0 Å². The summed E-state index contributed by atoms with van der Waals surface area (Å²) < 4.78 is 0. The second kappa shape index (κ2) is 8.57. The van der Waals surface area contributed by atoms with Gasteiger partial charge >= 0.3 is 0 Å². The average molecular weight is 415 g/mol. The molecule has 4 rings (SSSR count). The minimum Gasteiger partial charge on any atom is -0.393 e. The molecule has 1 N–H and O–H groups in total. The summed E-state index contributed by atoms with van der Waals surface area (Å²) in [6, 6.07) is 0. The van der Waals surface area contributed by atoms with Crippen LogP contribution in [0.2, 0.25) is 0 Å². The lowest BCUT2D eigenvalue weighted by molar-refractivity contribution is -0.0575. The number of aliphatic hydroxyl groups excluding tert-OH is 1. The van der Waals surface area contributed by atoms with Crippen molar-refractivity contribution in [2.45, 2.75) is 118 Å². The SMILES string of the molecule is CCC(CC[C@@H](C)[C@H]1CC[C@H]2[C@@H]3CC=C4CC(O)CC[C@]4(C)[C@H]3CC[C@]12C)C(C)C. The van der Waals surface area contributed by atoms with Crippen LogP contribution < -0.4 is 0 Å². The lowest BCUT2D eigenvalue weighted by Crippen LogP contribution is -2.50. The Kier molecular flexibility index (Phi) is 6.53. The summed E-state index contributed by atoms with van der Waals surface area (Å²) in [5.41, 5.74) is 2.59. The van der Waals surface area contributed by atoms with E-state index in [1.165, 1.54) is 57.8 Å². The summed E-state index contributed by atoms with van der Waals surface area (Å²) in [5, 5.41) is 10.2. The van der Waals surface area contributed by atoms with E-state index >= 15 is 0 Å². The van der Waals surface area contributed by atoms with Crippen molar-refractivity contribution >= 4 is 0 Å². The van der Waals surface area contributed by atoms with Crippen molar-refractivity contribution in [3.8, 4) is 0 Å². The van der Waals surface area contributed by atoms with Gasteiger partial charge in [-0.15, -0.1) is 0 Å². The molecule has 3 fully saturated rings. The highest BCUT2D eigenvalue weighted by molar-refractivity contribution is 5.25. The smallest absolute Gasteiger partial charge is 0.0577 e. The van der Waals surface area contributed by atoms with Crippen LogP contribution in [0.4, 0.5) is 0 Å². The van der Waals surface area contributed by atoms with E-state index in [0.717, 1.165) is 54.3 Å². The Bertz CT molecular complexity index is 634. The van der Waals surface area contributed by atoms with Gasteiger partial charge in [-0.3, -0.25) is 0 Å². The summed E-state index contributed by atoms with van der Waals surface area (Å²) in [6.07, 6.45) is 17.1. The van der Waals surface area contributed by atoms with Crippen molar-refractivity contribution in [1.82, 2.24) is 0 Å². The fourth-order valence-corrected chi connectivity index (χ4v) is 9.30. The first-order valence-corrected chi connectivity index (χ1v) is 13.6. The zero-order valence-electron chi connectivity index (χ0n) is 20.9. The van der Waals surface area contributed by atoms with Crippen molar-refractivity contribution in [3.63, 3.8) is 0 Å². The van der Waals surface area contributed by atoms with Crippen LogP contribution in [-0.2, 0) is 0 Å². The summed E-state index contributed by atoms with van der Waals surface area (Å²) in [6.45, 7) is 15.1. The minimum atomic E-state index is -0.0794. The summed E-state index contributed by atoms with van der Waals surface area (Å²) >= 11 is 0. The van der Waals surface area contributed by atoms with E-state index in [1.54, 1.807) is 5.57 Å². The van der Waals surface area contributed by atoms with Crippen molar-refractivity contribution in [2.24, 2.45) is 52.3 Å². The number of fused-ring (bicyclic) bond motifs is 5. The zero-order valence-corrected chi connectivity index (χ0v) is 20.9. The average Bonchev–Trinajstić information content (AvgIpc) is 3.06. The topological polar surface area (TPSA) is 20.2 Å². The van der Waals surface area contributed by atoms with E-state index in [0.29, 0.717) is 10.8 Å². The van der Waals surface area contributed by atoms with Crippen LogP contribution in [0.25, 0.3) is 0 Å².